The van der Waals surface area contributed by atoms with Crippen molar-refractivity contribution in [1.82, 2.24) is 5.32 Å². The van der Waals surface area contributed by atoms with E-state index in [1.54, 1.807) is 23.5 Å². The van der Waals surface area contributed by atoms with Crippen molar-refractivity contribution in [2.75, 3.05) is 6.54 Å². The quantitative estimate of drug-likeness (QED) is 0.634. The van der Waals surface area contributed by atoms with Gasteiger partial charge < -0.3 is 10.4 Å². The van der Waals surface area contributed by atoms with Crippen molar-refractivity contribution >= 4 is 17.0 Å². The van der Waals surface area contributed by atoms with Gasteiger partial charge in [0.05, 0.1) is 11.0 Å². The topological polar surface area (TPSA) is 75.4 Å². The minimum Gasteiger partial charge on any atom is -0.387 e. The van der Waals surface area contributed by atoms with Crippen molar-refractivity contribution in [2.24, 2.45) is 0 Å². The monoisotopic (exact) mass is 292 g/mol. The van der Waals surface area contributed by atoms with E-state index in [-0.39, 0.29) is 11.7 Å². The van der Waals surface area contributed by atoms with E-state index in [1.165, 1.54) is 17.0 Å². The molecule has 2 rings (SSSR count). The summed E-state index contributed by atoms with van der Waals surface area (Å²) in [6.45, 7) is 2.44. The fourth-order valence-corrected chi connectivity index (χ4v) is 2.62. The molecule has 2 unspecified atom stereocenters. The molecule has 1 aromatic heterocycles. The molecule has 2 N–H and O–H groups in total. The third kappa shape index (κ3) is 3.63. The van der Waals surface area contributed by atoms with Crippen LogP contribution in [0.4, 0.5) is 5.69 Å². The van der Waals surface area contributed by atoms with Gasteiger partial charge in [0.2, 0.25) is 0 Å². The van der Waals surface area contributed by atoms with Gasteiger partial charge in [0, 0.05) is 29.6 Å². The zero-order chi connectivity index (χ0) is 14.5. The summed E-state index contributed by atoms with van der Waals surface area (Å²) in [5, 5.41) is 25.9. The highest BCUT2D eigenvalue weighted by Gasteiger charge is 2.12. The van der Waals surface area contributed by atoms with E-state index in [0.717, 1.165) is 0 Å². The summed E-state index contributed by atoms with van der Waals surface area (Å²) in [7, 11) is 0. The number of non-ortho nitro benzene ring substituents is 1. The minimum absolute atomic E-state index is 0.0286. The molecule has 2 atom stereocenters. The van der Waals surface area contributed by atoms with Crippen LogP contribution in [0.2, 0.25) is 0 Å². The Labute approximate surface area is 121 Å². The molecular weight excluding hydrogens is 276 g/mol. The molecule has 20 heavy (non-hydrogen) atoms. The maximum absolute atomic E-state index is 10.6. The van der Waals surface area contributed by atoms with Crippen LogP contribution in [0.3, 0.4) is 0 Å². The molecule has 0 bridgehead atoms. The van der Waals surface area contributed by atoms with Crippen molar-refractivity contribution in [2.45, 2.75) is 19.1 Å². The second-order valence-electron chi connectivity index (χ2n) is 4.51. The van der Waals surface area contributed by atoms with E-state index in [4.69, 9.17) is 0 Å². The van der Waals surface area contributed by atoms with Gasteiger partial charge >= 0.3 is 0 Å². The Hall–Kier alpha value is -1.76. The van der Waals surface area contributed by atoms with Gasteiger partial charge in [-0.05, 0) is 36.1 Å². The Morgan fingerprint density at radius 1 is 1.35 bits per heavy atom. The number of nitro groups is 1. The Morgan fingerprint density at radius 3 is 2.60 bits per heavy atom. The second kappa shape index (κ2) is 6.60. The molecule has 2 aromatic rings. The van der Waals surface area contributed by atoms with Gasteiger partial charge in [-0.15, -0.1) is 11.3 Å². The standard InChI is InChI=1S/C14H16N2O3S/c1-10(14-3-2-8-20-14)15-9-13(17)11-4-6-12(7-5-11)16(18)19/h2-8,10,13,15,17H,9H2,1H3. The van der Waals surface area contributed by atoms with Gasteiger partial charge in [-0.25, -0.2) is 0 Å². The Balaban J connectivity index is 1.91. The van der Waals surface area contributed by atoms with Gasteiger partial charge in [-0.2, -0.15) is 0 Å². The number of thiophene rings is 1. The van der Waals surface area contributed by atoms with Crippen LogP contribution in [0.1, 0.15) is 29.5 Å². The normalized spacial score (nSPS) is 13.9. The summed E-state index contributed by atoms with van der Waals surface area (Å²) in [6.07, 6.45) is -0.682. The maximum atomic E-state index is 10.6. The number of nitrogens with zero attached hydrogens (tertiary/aromatic N) is 1. The molecule has 0 fully saturated rings. The van der Waals surface area contributed by atoms with Crippen LogP contribution in [-0.4, -0.2) is 16.6 Å². The summed E-state index contributed by atoms with van der Waals surface area (Å²) in [5.74, 6) is 0. The van der Waals surface area contributed by atoms with Gasteiger partial charge in [-0.1, -0.05) is 6.07 Å². The third-order valence-electron chi connectivity index (χ3n) is 3.08. The first-order valence-corrected chi connectivity index (χ1v) is 7.15. The molecule has 0 saturated carbocycles. The zero-order valence-corrected chi connectivity index (χ0v) is 11.8. The van der Waals surface area contributed by atoms with E-state index >= 15 is 0 Å². The molecule has 0 spiro atoms. The Kier molecular flexibility index (Phi) is 4.84. The summed E-state index contributed by atoms with van der Waals surface area (Å²) < 4.78 is 0. The molecular formula is C14H16N2O3S. The third-order valence-corrected chi connectivity index (χ3v) is 4.13. The highest BCUT2D eigenvalue weighted by atomic mass is 32.1. The Bertz CT molecular complexity index is 554. The van der Waals surface area contributed by atoms with E-state index in [2.05, 4.69) is 5.32 Å². The number of hydrogen-bond acceptors (Lipinski definition) is 5. The second-order valence-corrected chi connectivity index (χ2v) is 5.49. The van der Waals surface area contributed by atoms with E-state index in [9.17, 15) is 15.2 Å². The molecule has 6 heteroatoms. The van der Waals surface area contributed by atoms with Gasteiger partial charge in [0.1, 0.15) is 0 Å². The molecule has 1 heterocycles. The van der Waals surface area contributed by atoms with Crippen LogP contribution in [-0.2, 0) is 0 Å². The number of aliphatic hydroxyl groups excluding tert-OH is 1. The predicted molar refractivity (Wildman–Crippen MR) is 78.8 cm³/mol. The van der Waals surface area contributed by atoms with Gasteiger partial charge in [0.15, 0.2) is 0 Å². The lowest BCUT2D eigenvalue weighted by molar-refractivity contribution is -0.384. The summed E-state index contributed by atoms with van der Waals surface area (Å²) in [5.41, 5.74) is 0.697. The first-order chi connectivity index (χ1) is 9.58. The fraction of sp³-hybridized carbons (Fsp3) is 0.286. The van der Waals surface area contributed by atoms with E-state index in [0.29, 0.717) is 12.1 Å². The predicted octanol–water partition coefficient (Wildman–Crippen LogP) is 3.04. The van der Waals surface area contributed by atoms with Crippen LogP contribution in [0.25, 0.3) is 0 Å². The van der Waals surface area contributed by atoms with Crippen LogP contribution < -0.4 is 5.32 Å². The van der Waals surface area contributed by atoms with Gasteiger partial charge in [0.25, 0.3) is 5.69 Å². The molecule has 5 nitrogen and oxygen atoms in total. The van der Waals surface area contributed by atoms with Crippen LogP contribution in [0.15, 0.2) is 41.8 Å². The average Bonchev–Trinajstić information content (AvgIpc) is 2.98. The van der Waals surface area contributed by atoms with E-state index < -0.39 is 11.0 Å². The number of hydrogen-bond donors (Lipinski definition) is 2. The highest BCUT2D eigenvalue weighted by Crippen LogP contribution is 2.20. The number of nitrogens with one attached hydrogen (secondary N) is 1. The number of aliphatic hydroxyl groups is 1. The summed E-state index contributed by atoms with van der Waals surface area (Å²) >= 11 is 1.66. The average molecular weight is 292 g/mol. The number of rotatable bonds is 6. The lowest BCUT2D eigenvalue weighted by Crippen LogP contribution is -2.24. The summed E-state index contributed by atoms with van der Waals surface area (Å²) in [4.78, 5) is 11.3. The smallest absolute Gasteiger partial charge is 0.269 e. The van der Waals surface area contributed by atoms with Crippen molar-refractivity contribution in [3.8, 4) is 0 Å². The molecule has 0 aliphatic rings. The van der Waals surface area contributed by atoms with Gasteiger partial charge in [-0.3, -0.25) is 10.1 Å². The first-order valence-electron chi connectivity index (χ1n) is 6.27. The van der Waals surface area contributed by atoms with Crippen LogP contribution >= 0.6 is 11.3 Å². The van der Waals surface area contributed by atoms with Crippen molar-refractivity contribution in [3.63, 3.8) is 0 Å². The first kappa shape index (κ1) is 14.6. The lowest BCUT2D eigenvalue weighted by atomic mass is 10.1. The maximum Gasteiger partial charge on any atom is 0.269 e. The fourth-order valence-electron chi connectivity index (χ4n) is 1.86. The number of benzene rings is 1. The van der Waals surface area contributed by atoms with Crippen molar-refractivity contribution in [3.05, 3.63) is 62.3 Å². The SMILES string of the molecule is CC(NCC(O)c1ccc([N+](=O)[O-])cc1)c1cccs1. The zero-order valence-electron chi connectivity index (χ0n) is 11.0. The highest BCUT2D eigenvalue weighted by molar-refractivity contribution is 7.10. The molecule has 0 radical (unpaired) electrons. The summed E-state index contributed by atoms with van der Waals surface area (Å²) in [6, 6.07) is 10.2. The Morgan fingerprint density at radius 2 is 2.05 bits per heavy atom. The van der Waals surface area contributed by atoms with Crippen molar-refractivity contribution in [1.29, 1.82) is 0 Å². The van der Waals surface area contributed by atoms with Crippen LogP contribution in [0, 0.1) is 10.1 Å². The van der Waals surface area contributed by atoms with Crippen molar-refractivity contribution < 1.29 is 10.0 Å². The minimum atomic E-state index is -0.682. The molecule has 0 saturated heterocycles. The largest absolute Gasteiger partial charge is 0.387 e. The number of nitro benzene ring substituents is 1. The molecule has 1 aromatic carbocycles. The molecule has 0 aliphatic carbocycles. The lowest BCUT2D eigenvalue weighted by Gasteiger charge is -2.16. The van der Waals surface area contributed by atoms with E-state index in [1.807, 2.05) is 24.4 Å². The molecule has 0 amide bonds. The molecule has 0 aliphatic heterocycles. The molecule has 106 valence electrons. The van der Waals surface area contributed by atoms with Crippen LogP contribution in [0.5, 0.6) is 0 Å².